The summed E-state index contributed by atoms with van der Waals surface area (Å²) in [5.74, 6) is 0.660. The minimum absolute atomic E-state index is 0.130. The summed E-state index contributed by atoms with van der Waals surface area (Å²) in [6, 6.07) is 7.66. The Morgan fingerprint density at radius 1 is 1.40 bits per heavy atom. The summed E-state index contributed by atoms with van der Waals surface area (Å²) in [5.41, 5.74) is 0.177. The lowest BCUT2D eigenvalue weighted by atomic mass is 9.76. The molecule has 0 amide bonds. The van der Waals surface area contributed by atoms with E-state index in [0.29, 0.717) is 42.9 Å². The van der Waals surface area contributed by atoms with Crippen LogP contribution < -0.4 is 10.1 Å². The van der Waals surface area contributed by atoms with Crippen LogP contribution >= 0.6 is 0 Å². The van der Waals surface area contributed by atoms with Gasteiger partial charge in [0.1, 0.15) is 5.75 Å². The van der Waals surface area contributed by atoms with Crippen molar-refractivity contribution >= 4 is 0 Å². The quantitative estimate of drug-likeness (QED) is 0.838. The van der Waals surface area contributed by atoms with E-state index in [1.54, 1.807) is 25.3 Å². The van der Waals surface area contributed by atoms with E-state index in [-0.39, 0.29) is 12.1 Å². The van der Waals surface area contributed by atoms with Crippen LogP contribution in [0.2, 0.25) is 0 Å². The highest BCUT2D eigenvalue weighted by Gasteiger charge is 2.43. The fourth-order valence-electron chi connectivity index (χ4n) is 3.27. The summed E-state index contributed by atoms with van der Waals surface area (Å²) in [6.45, 7) is 1.20. The molecule has 2 aliphatic heterocycles. The summed E-state index contributed by atoms with van der Waals surface area (Å²) >= 11 is 0. The summed E-state index contributed by atoms with van der Waals surface area (Å²) in [7, 11) is 1.58. The van der Waals surface area contributed by atoms with Crippen molar-refractivity contribution in [3.63, 3.8) is 0 Å². The number of hydrogen-bond acceptors (Lipinski definition) is 5. The first-order chi connectivity index (χ1) is 9.64. The fourth-order valence-corrected chi connectivity index (χ4v) is 3.27. The van der Waals surface area contributed by atoms with Gasteiger partial charge in [0.05, 0.1) is 37.6 Å². The van der Waals surface area contributed by atoms with Crippen LogP contribution in [-0.2, 0) is 10.3 Å². The minimum atomic E-state index is -0.996. The van der Waals surface area contributed by atoms with Crippen molar-refractivity contribution in [3.8, 4) is 11.8 Å². The van der Waals surface area contributed by atoms with Crippen molar-refractivity contribution < 1.29 is 14.6 Å². The molecule has 2 fully saturated rings. The third-order valence-electron chi connectivity index (χ3n) is 4.13. The van der Waals surface area contributed by atoms with E-state index in [1.807, 2.05) is 0 Å². The number of ether oxygens (including phenoxy) is 2. The standard InChI is InChI=1S/C15H18N2O3/c1-19-13-3-2-10(7-16)14(4-13)15(18)5-11-8-20-9-12(6-15)17-11/h2-4,11-12,17-18H,5-6,8-9H2,1H3. The number of nitriles is 1. The van der Waals surface area contributed by atoms with Crippen molar-refractivity contribution in [2.75, 3.05) is 20.3 Å². The van der Waals surface area contributed by atoms with Gasteiger partial charge in [-0.15, -0.1) is 0 Å². The Bertz CT molecular complexity index is 541. The van der Waals surface area contributed by atoms with E-state index in [0.717, 1.165) is 0 Å². The topological polar surface area (TPSA) is 74.5 Å². The van der Waals surface area contributed by atoms with Crippen molar-refractivity contribution in [3.05, 3.63) is 29.3 Å². The van der Waals surface area contributed by atoms with E-state index in [4.69, 9.17) is 9.47 Å². The zero-order valence-electron chi connectivity index (χ0n) is 11.4. The number of piperidine rings is 1. The molecule has 2 bridgehead atoms. The van der Waals surface area contributed by atoms with E-state index in [9.17, 15) is 10.4 Å². The van der Waals surface area contributed by atoms with Crippen LogP contribution in [0.3, 0.4) is 0 Å². The molecule has 1 aromatic rings. The summed E-state index contributed by atoms with van der Waals surface area (Å²) in [5, 5.41) is 23.8. The molecular weight excluding hydrogens is 256 g/mol. The Morgan fingerprint density at radius 2 is 2.10 bits per heavy atom. The van der Waals surface area contributed by atoms with E-state index in [1.165, 1.54) is 0 Å². The van der Waals surface area contributed by atoms with Gasteiger partial charge in [0.25, 0.3) is 0 Å². The van der Waals surface area contributed by atoms with Gasteiger partial charge in [0.15, 0.2) is 0 Å². The monoisotopic (exact) mass is 274 g/mol. The molecule has 5 heteroatoms. The third kappa shape index (κ3) is 2.27. The lowest BCUT2D eigenvalue weighted by Crippen LogP contribution is -2.58. The predicted molar refractivity (Wildman–Crippen MR) is 72.4 cm³/mol. The Hall–Kier alpha value is -1.61. The molecule has 2 saturated heterocycles. The van der Waals surface area contributed by atoms with Gasteiger partial charge in [-0.1, -0.05) is 0 Å². The van der Waals surface area contributed by atoms with E-state index in [2.05, 4.69) is 11.4 Å². The summed E-state index contributed by atoms with van der Waals surface area (Å²) in [6.07, 6.45) is 1.09. The summed E-state index contributed by atoms with van der Waals surface area (Å²) < 4.78 is 10.7. The summed E-state index contributed by atoms with van der Waals surface area (Å²) in [4.78, 5) is 0. The molecule has 1 aromatic carbocycles. The first kappa shape index (κ1) is 13.4. The van der Waals surface area contributed by atoms with Crippen molar-refractivity contribution in [1.29, 1.82) is 5.26 Å². The number of aliphatic hydroxyl groups is 1. The van der Waals surface area contributed by atoms with Crippen LogP contribution in [0.5, 0.6) is 5.75 Å². The SMILES string of the molecule is COc1ccc(C#N)c(C2(O)CC3COCC(C2)N3)c1. The maximum absolute atomic E-state index is 11.1. The molecule has 5 nitrogen and oxygen atoms in total. The number of hydrogen-bond donors (Lipinski definition) is 2. The average molecular weight is 274 g/mol. The highest BCUT2D eigenvalue weighted by atomic mass is 16.5. The molecule has 106 valence electrons. The highest BCUT2D eigenvalue weighted by Crippen LogP contribution is 2.39. The normalized spacial score (nSPS) is 32.5. The molecule has 2 heterocycles. The van der Waals surface area contributed by atoms with Gasteiger partial charge in [-0.25, -0.2) is 0 Å². The lowest BCUT2D eigenvalue weighted by Gasteiger charge is -2.45. The van der Waals surface area contributed by atoms with E-state index < -0.39 is 5.60 Å². The maximum Gasteiger partial charge on any atom is 0.119 e. The molecule has 2 unspecified atom stereocenters. The Balaban J connectivity index is 2.00. The molecule has 0 spiro atoms. The molecule has 0 saturated carbocycles. The second-order valence-corrected chi connectivity index (χ2v) is 5.56. The number of nitrogens with one attached hydrogen (secondary N) is 1. The average Bonchev–Trinajstić information content (AvgIpc) is 2.46. The molecule has 20 heavy (non-hydrogen) atoms. The third-order valence-corrected chi connectivity index (χ3v) is 4.13. The zero-order valence-corrected chi connectivity index (χ0v) is 11.4. The Kier molecular flexibility index (Phi) is 3.38. The molecule has 3 rings (SSSR count). The van der Waals surface area contributed by atoms with Gasteiger partial charge in [0, 0.05) is 17.6 Å². The van der Waals surface area contributed by atoms with Crippen LogP contribution in [0.25, 0.3) is 0 Å². The molecular formula is C15H18N2O3. The number of nitrogens with zero attached hydrogens (tertiary/aromatic N) is 1. The molecule has 2 N–H and O–H groups in total. The van der Waals surface area contributed by atoms with Gasteiger partial charge in [-0.3, -0.25) is 0 Å². The second-order valence-electron chi connectivity index (χ2n) is 5.56. The molecule has 2 atom stereocenters. The smallest absolute Gasteiger partial charge is 0.119 e. The van der Waals surface area contributed by atoms with E-state index >= 15 is 0 Å². The van der Waals surface area contributed by atoms with Crippen LogP contribution in [0.4, 0.5) is 0 Å². The Morgan fingerprint density at radius 3 is 2.70 bits per heavy atom. The first-order valence-electron chi connectivity index (χ1n) is 6.79. The van der Waals surface area contributed by atoms with Gasteiger partial charge in [-0.05, 0) is 31.0 Å². The van der Waals surface area contributed by atoms with Crippen molar-refractivity contribution in [2.45, 2.75) is 30.5 Å². The van der Waals surface area contributed by atoms with Gasteiger partial charge in [-0.2, -0.15) is 5.26 Å². The number of rotatable bonds is 2. The second kappa shape index (κ2) is 5.06. The van der Waals surface area contributed by atoms with Crippen LogP contribution in [0.15, 0.2) is 18.2 Å². The fraction of sp³-hybridized carbons (Fsp3) is 0.533. The minimum Gasteiger partial charge on any atom is -0.497 e. The van der Waals surface area contributed by atoms with Crippen LogP contribution in [0.1, 0.15) is 24.0 Å². The van der Waals surface area contributed by atoms with Gasteiger partial charge < -0.3 is 19.9 Å². The van der Waals surface area contributed by atoms with Crippen molar-refractivity contribution in [1.82, 2.24) is 5.32 Å². The number of methoxy groups -OCH3 is 1. The number of benzene rings is 1. The Labute approximate surface area is 118 Å². The number of fused-ring (bicyclic) bond motifs is 2. The highest BCUT2D eigenvalue weighted by molar-refractivity contribution is 5.46. The molecule has 0 aliphatic carbocycles. The first-order valence-corrected chi connectivity index (χ1v) is 6.79. The van der Waals surface area contributed by atoms with Crippen molar-refractivity contribution in [2.24, 2.45) is 0 Å². The lowest BCUT2D eigenvalue weighted by molar-refractivity contribution is -0.0804. The maximum atomic E-state index is 11.1. The molecule has 0 radical (unpaired) electrons. The molecule has 2 aliphatic rings. The zero-order chi connectivity index (χ0) is 14.2. The largest absolute Gasteiger partial charge is 0.497 e. The van der Waals surface area contributed by atoms with Gasteiger partial charge in [0.2, 0.25) is 0 Å². The van der Waals surface area contributed by atoms with Crippen LogP contribution in [0, 0.1) is 11.3 Å². The predicted octanol–water partition coefficient (Wildman–Crippen LogP) is 0.905. The number of morpholine rings is 1. The van der Waals surface area contributed by atoms with Crippen LogP contribution in [-0.4, -0.2) is 37.5 Å². The molecule has 0 aromatic heterocycles. The van der Waals surface area contributed by atoms with Gasteiger partial charge >= 0.3 is 0 Å².